The maximum Gasteiger partial charge on any atom is 0.222 e. The Labute approximate surface area is 119 Å². The summed E-state index contributed by atoms with van der Waals surface area (Å²) in [5, 5.41) is 8.80. The van der Waals surface area contributed by atoms with Gasteiger partial charge in [0.15, 0.2) is 5.16 Å². The van der Waals surface area contributed by atoms with E-state index < -0.39 is 0 Å². The van der Waals surface area contributed by atoms with E-state index in [1.54, 1.807) is 12.1 Å². The van der Waals surface area contributed by atoms with E-state index in [0.29, 0.717) is 23.3 Å². The molecule has 0 saturated heterocycles. The van der Waals surface area contributed by atoms with Crippen molar-refractivity contribution < 1.29 is 4.39 Å². The van der Waals surface area contributed by atoms with Crippen LogP contribution in [0.25, 0.3) is 0 Å². The zero-order valence-corrected chi connectivity index (χ0v) is 11.6. The molecule has 100 valence electrons. The van der Waals surface area contributed by atoms with Crippen LogP contribution >= 0.6 is 23.4 Å². The first-order valence-corrected chi connectivity index (χ1v) is 7.29. The Morgan fingerprint density at radius 3 is 2.95 bits per heavy atom. The summed E-state index contributed by atoms with van der Waals surface area (Å²) < 4.78 is 15.7. The summed E-state index contributed by atoms with van der Waals surface area (Å²) in [6, 6.07) is 5.40. The molecular weight excluding hydrogens is 287 g/mol. The molecule has 2 N–H and O–H groups in total. The SMILES string of the molecule is Nc1nnc(SCc2cccc(Cl)c2F)n1C1CC1. The van der Waals surface area contributed by atoms with Gasteiger partial charge in [-0.05, 0) is 24.5 Å². The van der Waals surface area contributed by atoms with Gasteiger partial charge < -0.3 is 5.73 Å². The molecule has 4 nitrogen and oxygen atoms in total. The molecule has 0 aliphatic heterocycles. The maximum absolute atomic E-state index is 13.8. The molecule has 0 bridgehead atoms. The van der Waals surface area contributed by atoms with Crippen LogP contribution in [0.15, 0.2) is 23.4 Å². The Morgan fingerprint density at radius 2 is 2.21 bits per heavy atom. The van der Waals surface area contributed by atoms with Crippen LogP contribution in [0.3, 0.4) is 0 Å². The van der Waals surface area contributed by atoms with Gasteiger partial charge in [0, 0.05) is 11.8 Å². The van der Waals surface area contributed by atoms with Crippen LogP contribution in [-0.4, -0.2) is 14.8 Å². The van der Waals surface area contributed by atoms with Gasteiger partial charge in [-0.25, -0.2) is 4.39 Å². The fraction of sp³-hybridized carbons (Fsp3) is 0.333. The topological polar surface area (TPSA) is 56.7 Å². The monoisotopic (exact) mass is 298 g/mol. The summed E-state index contributed by atoms with van der Waals surface area (Å²) in [7, 11) is 0. The summed E-state index contributed by atoms with van der Waals surface area (Å²) in [5.41, 5.74) is 6.34. The van der Waals surface area contributed by atoms with Crippen molar-refractivity contribution in [2.45, 2.75) is 29.8 Å². The molecule has 1 heterocycles. The predicted octanol–water partition coefficient (Wildman–Crippen LogP) is 3.28. The predicted molar refractivity (Wildman–Crippen MR) is 73.7 cm³/mol. The molecule has 0 spiro atoms. The Balaban J connectivity index is 1.77. The second-order valence-electron chi connectivity index (χ2n) is 4.44. The molecule has 0 amide bonds. The molecule has 3 rings (SSSR count). The molecule has 1 aromatic heterocycles. The number of hydrogen-bond donors (Lipinski definition) is 1. The number of nitrogens with zero attached hydrogens (tertiary/aromatic N) is 3. The molecule has 1 saturated carbocycles. The fourth-order valence-corrected chi connectivity index (χ4v) is 3.05. The summed E-state index contributed by atoms with van der Waals surface area (Å²) >= 11 is 7.18. The number of nitrogens with two attached hydrogens (primary N) is 1. The van der Waals surface area contributed by atoms with E-state index in [-0.39, 0.29) is 10.8 Å². The molecule has 7 heteroatoms. The first-order chi connectivity index (χ1) is 9.16. The second-order valence-corrected chi connectivity index (χ2v) is 5.79. The van der Waals surface area contributed by atoms with E-state index in [0.717, 1.165) is 18.0 Å². The minimum Gasteiger partial charge on any atom is -0.368 e. The fourth-order valence-electron chi connectivity index (χ4n) is 1.86. The zero-order chi connectivity index (χ0) is 13.4. The lowest BCUT2D eigenvalue weighted by Crippen LogP contribution is -2.02. The highest BCUT2D eigenvalue weighted by atomic mass is 35.5. The highest BCUT2D eigenvalue weighted by Gasteiger charge is 2.28. The number of thioether (sulfide) groups is 1. The average Bonchev–Trinajstić information content (AvgIpc) is 3.16. The first-order valence-electron chi connectivity index (χ1n) is 5.93. The van der Waals surface area contributed by atoms with Crippen LogP contribution in [0.1, 0.15) is 24.4 Å². The average molecular weight is 299 g/mol. The molecule has 0 radical (unpaired) electrons. The zero-order valence-electron chi connectivity index (χ0n) is 10.0. The van der Waals surface area contributed by atoms with Crippen molar-refractivity contribution in [2.24, 2.45) is 0 Å². The van der Waals surface area contributed by atoms with Crippen molar-refractivity contribution in [3.8, 4) is 0 Å². The van der Waals surface area contributed by atoms with Crippen molar-refractivity contribution in [3.05, 3.63) is 34.6 Å². The lowest BCUT2D eigenvalue weighted by Gasteiger charge is -2.07. The number of rotatable bonds is 4. The normalized spacial score (nSPS) is 14.8. The van der Waals surface area contributed by atoms with Crippen molar-refractivity contribution in [1.82, 2.24) is 14.8 Å². The van der Waals surface area contributed by atoms with Gasteiger partial charge >= 0.3 is 0 Å². The van der Waals surface area contributed by atoms with Gasteiger partial charge in [0.25, 0.3) is 0 Å². The number of anilines is 1. The summed E-state index contributed by atoms with van der Waals surface area (Å²) in [6.07, 6.45) is 2.20. The standard InChI is InChI=1S/C12H12ClFN4S/c13-9-3-1-2-7(10(9)14)6-19-12-17-16-11(15)18(12)8-4-5-8/h1-3,8H,4-6H2,(H2,15,16). The summed E-state index contributed by atoms with van der Waals surface area (Å²) in [6.45, 7) is 0. The van der Waals surface area contributed by atoms with Crippen molar-refractivity contribution in [1.29, 1.82) is 0 Å². The highest BCUT2D eigenvalue weighted by molar-refractivity contribution is 7.98. The van der Waals surface area contributed by atoms with Gasteiger partial charge in [0.2, 0.25) is 5.95 Å². The highest BCUT2D eigenvalue weighted by Crippen LogP contribution is 2.40. The van der Waals surface area contributed by atoms with E-state index in [1.165, 1.54) is 17.8 Å². The molecule has 19 heavy (non-hydrogen) atoms. The lowest BCUT2D eigenvalue weighted by atomic mass is 10.2. The van der Waals surface area contributed by atoms with Gasteiger partial charge in [-0.3, -0.25) is 4.57 Å². The maximum atomic E-state index is 13.8. The third kappa shape index (κ3) is 2.55. The van der Waals surface area contributed by atoms with Crippen molar-refractivity contribution in [3.63, 3.8) is 0 Å². The van der Waals surface area contributed by atoms with E-state index in [1.807, 2.05) is 4.57 Å². The molecule has 1 aromatic carbocycles. The Bertz CT molecular complexity index is 612. The molecule has 0 atom stereocenters. The van der Waals surface area contributed by atoms with E-state index in [2.05, 4.69) is 10.2 Å². The molecule has 1 aliphatic rings. The first kappa shape index (κ1) is 12.7. The minimum absolute atomic E-state index is 0.140. The van der Waals surface area contributed by atoms with Gasteiger partial charge in [-0.1, -0.05) is 35.5 Å². The van der Waals surface area contributed by atoms with E-state index in [9.17, 15) is 4.39 Å². The lowest BCUT2D eigenvalue weighted by molar-refractivity contribution is 0.617. The summed E-state index contributed by atoms with van der Waals surface area (Å²) in [4.78, 5) is 0. The number of nitrogen functional groups attached to an aromatic ring is 1. The Morgan fingerprint density at radius 1 is 1.42 bits per heavy atom. The molecule has 1 fully saturated rings. The van der Waals surface area contributed by atoms with Gasteiger partial charge in [0.1, 0.15) is 5.82 Å². The van der Waals surface area contributed by atoms with E-state index >= 15 is 0 Å². The number of benzene rings is 1. The minimum atomic E-state index is -0.373. The molecule has 1 aliphatic carbocycles. The van der Waals surface area contributed by atoms with Gasteiger partial charge in [-0.15, -0.1) is 10.2 Å². The quantitative estimate of drug-likeness (QED) is 0.880. The third-order valence-corrected chi connectivity index (χ3v) is 4.28. The third-order valence-electron chi connectivity index (χ3n) is 2.99. The van der Waals surface area contributed by atoms with Crippen molar-refractivity contribution in [2.75, 3.05) is 5.73 Å². The van der Waals surface area contributed by atoms with Crippen LogP contribution in [0, 0.1) is 5.82 Å². The van der Waals surface area contributed by atoms with Crippen LogP contribution in [0.5, 0.6) is 0 Å². The van der Waals surface area contributed by atoms with Crippen LogP contribution in [0.4, 0.5) is 10.3 Å². The molecular formula is C12H12ClFN4S. The number of hydrogen-bond acceptors (Lipinski definition) is 4. The van der Waals surface area contributed by atoms with Crippen molar-refractivity contribution >= 4 is 29.3 Å². The van der Waals surface area contributed by atoms with Crippen LogP contribution in [-0.2, 0) is 5.75 Å². The van der Waals surface area contributed by atoms with Gasteiger partial charge in [0.05, 0.1) is 5.02 Å². The Hall–Kier alpha value is -1.27. The van der Waals surface area contributed by atoms with E-state index in [4.69, 9.17) is 17.3 Å². The van der Waals surface area contributed by atoms with Gasteiger partial charge in [-0.2, -0.15) is 0 Å². The smallest absolute Gasteiger partial charge is 0.222 e. The summed E-state index contributed by atoms with van der Waals surface area (Å²) in [5.74, 6) is 0.510. The number of halogens is 2. The molecule has 0 unspecified atom stereocenters. The molecule has 2 aromatic rings. The van der Waals surface area contributed by atoms with Crippen LogP contribution < -0.4 is 5.73 Å². The largest absolute Gasteiger partial charge is 0.368 e. The number of aromatic nitrogens is 3. The van der Waals surface area contributed by atoms with Crippen LogP contribution in [0.2, 0.25) is 5.02 Å². The Kier molecular flexibility index (Phi) is 3.36. The second kappa shape index (κ2) is 5.02.